The topological polar surface area (TPSA) is 88.3 Å². The minimum atomic E-state index is -0.895. The Kier molecular flexibility index (Phi) is 5.12. The summed E-state index contributed by atoms with van der Waals surface area (Å²) in [7, 11) is 0. The Morgan fingerprint density at radius 3 is 2.45 bits per heavy atom. The summed E-state index contributed by atoms with van der Waals surface area (Å²) < 4.78 is 1.64. The van der Waals surface area contributed by atoms with Crippen molar-refractivity contribution in [2.24, 2.45) is 0 Å². The van der Waals surface area contributed by atoms with Gasteiger partial charge in [0.15, 0.2) is 5.69 Å². The molecule has 2 heterocycles. The summed E-state index contributed by atoms with van der Waals surface area (Å²) in [4.78, 5) is 25.7. The average Bonchev–Trinajstić information content (AvgIpc) is 3.34. The van der Waals surface area contributed by atoms with Gasteiger partial charge in [-0.1, -0.05) is 47.7 Å². The van der Waals surface area contributed by atoms with Crippen LogP contribution in [0.2, 0.25) is 0 Å². The Labute approximate surface area is 168 Å². The summed E-state index contributed by atoms with van der Waals surface area (Å²) in [5.41, 5.74) is 3.95. The molecule has 0 spiro atoms. The maximum absolute atomic E-state index is 13.0. The molecule has 29 heavy (non-hydrogen) atoms. The number of aromatic nitrogens is 3. The first-order chi connectivity index (χ1) is 14.0. The molecule has 0 aliphatic carbocycles. The number of rotatable bonds is 5. The van der Waals surface area contributed by atoms with Gasteiger partial charge in [-0.25, -0.2) is 4.68 Å². The molecule has 7 nitrogen and oxygen atoms in total. The molecule has 148 valence electrons. The van der Waals surface area contributed by atoms with E-state index in [1.807, 2.05) is 42.5 Å². The van der Waals surface area contributed by atoms with E-state index in [4.69, 9.17) is 5.11 Å². The quantitative estimate of drug-likeness (QED) is 0.722. The first-order valence-corrected chi connectivity index (χ1v) is 9.65. The zero-order chi connectivity index (χ0) is 20.4. The van der Waals surface area contributed by atoms with Gasteiger partial charge in [-0.2, -0.15) is 0 Å². The standard InChI is InChI=1S/C22H22N4O3/c1-15-21(22(29)25-13-5-8-19(25)14-20(27)28)23-24-26(15)18-11-9-17(10-12-18)16-6-3-2-4-7-16/h2-4,6-7,9-12,19H,5,8,13-14H2,1H3,(H,27,28). The Bertz CT molecular complexity index is 1030. The normalized spacial score (nSPS) is 16.2. The second kappa shape index (κ2) is 7.87. The van der Waals surface area contributed by atoms with Crippen molar-refractivity contribution in [3.8, 4) is 16.8 Å². The van der Waals surface area contributed by atoms with Gasteiger partial charge in [0.25, 0.3) is 5.91 Å². The summed E-state index contributed by atoms with van der Waals surface area (Å²) in [6.45, 7) is 2.36. The van der Waals surface area contributed by atoms with Gasteiger partial charge in [-0.05, 0) is 43.0 Å². The summed E-state index contributed by atoms with van der Waals surface area (Å²) in [5.74, 6) is -1.15. The van der Waals surface area contributed by atoms with Crippen molar-refractivity contribution in [2.75, 3.05) is 6.54 Å². The van der Waals surface area contributed by atoms with Gasteiger partial charge in [0.05, 0.1) is 17.8 Å². The van der Waals surface area contributed by atoms with Crippen molar-refractivity contribution in [1.82, 2.24) is 19.9 Å². The second-order valence-corrected chi connectivity index (χ2v) is 7.24. The van der Waals surface area contributed by atoms with E-state index in [0.717, 1.165) is 23.2 Å². The number of amides is 1. The van der Waals surface area contributed by atoms with E-state index in [1.54, 1.807) is 16.5 Å². The van der Waals surface area contributed by atoms with Crippen molar-refractivity contribution in [2.45, 2.75) is 32.2 Å². The fourth-order valence-corrected chi connectivity index (χ4v) is 3.85. The van der Waals surface area contributed by atoms with Crippen LogP contribution < -0.4 is 0 Å². The molecule has 7 heteroatoms. The number of nitrogens with zero attached hydrogens (tertiary/aromatic N) is 4. The van der Waals surface area contributed by atoms with Crippen LogP contribution in [0.15, 0.2) is 54.6 Å². The largest absolute Gasteiger partial charge is 0.481 e. The SMILES string of the molecule is Cc1c(C(=O)N2CCCC2CC(=O)O)nnn1-c1ccc(-c2ccccc2)cc1. The molecule has 3 aromatic rings. The van der Waals surface area contributed by atoms with E-state index in [9.17, 15) is 9.59 Å². The Morgan fingerprint density at radius 1 is 1.07 bits per heavy atom. The third kappa shape index (κ3) is 3.76. The molecular formula is C22H22N4O3. The molecular weight excluding hydrogens is 368 g/mol. The predicted molar refractivity (Wildman–Crippen MR) is 108 cm³/mol. The lowest BCUT2D eigenvalue weighted by Crippen LogP contribution is -2.37. The minimum Gasteiger partial charge on any atom is -0.481 e. The molecule has 1 saturated heterocycles. The number of hydrogen-bond donors (Lipinski definition) is 1. The molecule has 4 rings (SSSR count). The minimum absolute atomic E-state index is 0.0418. The van der Waals surface area contributed by atoms with E-state index in [1.165, 1.54) is 0 Å². The zero-order valence-electron chi connectivity index (χ0n) is 16.2. The molecule has 0 saturated carbocycles. The van der Waals surface area contributed by atoms with Crippen LogP contribution in [-0.4, -0.2) is 49.5 Å². The summed E-state index contributed by atoms with van der Waals surface area (Å²) >= 11 is 0. The third-order valence-corrected chi connectivity index (χ3v) is 5.36. The smallest absolute Gasteiger partial charge is 0.305 e. The van der Waals surface area contributed by atoms with Crippen molar-refractivity contribution in [1.29, 1.82) is 0 Å². The molecule has 1 N–H and O–H groups in total. The van der Waals surface area contributed by atoms with Crippen LogP contribution in [-0.2, 0) is 4.79 Å². The van der Waals surface area contributed by atoms with Gasteiger partial charge >= 0.3 is 5.97 Å². The van der Waals surface area contributed by atoms with Crippen molar-refractivity contribution in [3.63, 3.8) is 0 Å². The molecule has 1 aliphatic heterocycles. The highest BCUT2D eigenvalue weighted by atomic mass is 16.4. The first-order valence-electron chi connectivity index (χ1n) is 9.65. The molecule has 1 aromatic heterocycles. The lowest BCUT2D eigenvalue weighted by atomic mass is 10.1. The molecule has 1 atom stereocenters. The molecule has 0 bridgehead atoms. The predicted octanol–water partition coefficient (Wildman–Crippen LogP) is 3.32. The number of carbonyl (C=O) groups is 2. The lowest BCUT2D eigenvalue weighted by Gasteiger charge is -2.22. The first kappa shape index (κ1) is 18.9. The highest BCUT2D eigenvalue weighted by Crippen LogP contribution is 2.25. The van der Waals surface area contributed by atoms with Crippen LogP contribution in [0.1, 0.15) is 35.4 Å². The lowest BCUT2D eigenvalue weighted by molar-refractivity contribution is -0.137. The highest BCUT2D eigenvalue weighted by molar-refractivity contribution is 5.94. The molecule has 2 aromatic carbocycles. The van der Waals surface area contributed by atoms with Crippen LogP contribution in [0, 0.1) is 6.92 Å². The number of hydrogen-bond acceptors (Lipinski definition) is 4. The van der Waals surface area contributed by atoms with E-state index in [-0.39, 0.29) is 24.1 Å². The van der Waals surface area contributed by atoms with Gasteiger partial charge < -0.3 is 10.0 Å². The molecule has 1 unspecified atom stereocenters. The van der Waals surface area contributed by atoms with Crippen molar-refractivity contribution < 1.29 is 14.7 Å². The number of aliphatic carboxylic acids is 1. The molecule has 1 amide bonds. The Hall–Kier alpha value is -3.48. The van der Waals surface area contributed by atoms with Gasteiger partial charge in [0, 0.05) is 12.6 Å². The number of benzene rings is 2. The molecule has 1 aliphatic rings. The van der Waals surface area contributed by atoms with E-state index < -0.39 is 5.97 Å². The van der Waals surface area contributed by atoms with Crippen LogP contribution in [0.3, 0.4) is 0 Å². The van der Waals surface area contributed by atoms with Gasteiger partial charge in [-0.3, -0.25) is 9.59 Å². The summed E-state index contributed by atoms with van der Waals surface area (Å²) in [6, 6.07) is 17.7. The van der Waals surface area contributed by atoms with E-state index in [0.29, 0.717) is 18.7 Å². The Balaban J connectivity index is 1.57. The van der Waals surface area contributed by atoms with Crippen LogP contribution in [0.5, 0.6) is 0 Å². The van der Waals surface area contributed by atoms with Crippen LogP contribution in [0.25, 0.3) is 16.8 Å². The fourth-order valence-electron chi connectivity index (χ4n) is 3.85. The van der Waals surface area contributed by atoms with Crippen LogP contribution in [0.4, 0.5) is 0 Å². The highest BCUT2D eigenvalue weighted by Gasteiger charge is 2.33. The molecule has 1 fully saturated rings. The monoisotopic (exact) mass is 390 g/mol. The van der Waals surface area contributed by atoms with Crippen LogP contribution >= 0.6 is 0 Å². The number of likely N-dealkylation sites (tertiary alicyclic amines) is 1. The maximum Gasteiger partial charge on any atom is 0.305 e. The maximum atomic E-state index is 13.0. The number of carboxylic acids is 1. The summed E-state index contributed by atoms with van der Waals surface area (Å²) in [5, 5.41) is 17.4. The number of carbonyl (C=O) groups excluding carboxylic acids is 1. The zero-order valence-corrected chi connectivity index (χ0v) is 16.2. The van der Waals surface area contributed by atoms with Crippen molar-refractivity contribution in [3.05, 3.63) is 66.0 Å². The third-order valence-electron chi connectivity index (χ3n) is 5.36. The second-order valence-electron chi connectivity index (χ2n) is 7.24. The fraction of sp³-hybridized carbons (Fsp3) is 0.273. The number of carboxylic acid groups (broad SMARTS) is 1. The van der Waals surface area contributed by atoms with E-state index in [2.05, 4.69) is 22.4 Å². The average molecular weight is 390 g/mol. The van der Waals surface area contributed by atoms with Gasteiger partial charge in [0.2, 0.25) is 0 Å². The Morgan fingerprint density at radius 2 is 1.76 bits per heavy atom. The van der Waals surface area contributed by atoms with Gasteiger partial charge in [0.1, 0.15) is 0 Å². The van der Waals surface area contributed by atoms with Gasteiger partial charge in [-0.15, -0.1) is 5.10 Å². The molecule has 0 radical (unpaired) electrons. The van der Waals surface area contributed by atoms with E-state index >= 15 is 0 Å². The summed E-state index contributed by atoms with van der Waals surface area (Å²) in [6.07, 6.45) is 1.46. The van der Waals surface area contributed by atoms with Crippen molar-refractivity contribution >= 4 is 11.9 Å².